The van der Waals surface area contributed by atoms with Gasteiger partial charge in [0, 0.05) is 29.4 Å². The second-order valence-corrected chi connectivity index (χ2v) is 5.40. The predicted molar refractivity (Wildman–Crippen MR) is 87.3 cm³/mol. The maximum atomic E-state index is 5.44. The number of nitrogens with one attached hydrogen (secondary N) is 2. The highest BCUT2D eigenvalue weighted by molar-refractivity contribution is 5.64. The average Bonchev–Trinajstić information content (AvgIpc) is 3.21. The van der Waals surface area contributed by atoms with Crippen molar-refractivity contribution >= 4 is 23.0 Å². The first-order valence-corrected chi connectivity index (χ1v) is 7.27. The lowest BCUT2D eigenvalue weighted by Crippen LogP contribution is -2.08. The zero-order valence-electron chi connectivity index (χ0n) is 12.0. The van der Waals surface area contributed by atoms with Crippen LogP contribution >= 0.6 is 0 Å². The van der Waals surface area contributed by atoms with Crippen LogP contribution in [0.4, 0.5) is 17.3 Å². The molecule has 5 nitrogen and oxygen atoms in total. The van der Waals surface area contributed by atoms with Gasteiger partial charge in [0.05, 0.1) is 6.20 Å². The van der Waals surface area contributed by atoms with Crippen LogP contribution in [-0.2, 0) is 0 Å². The molecule has 0 amide bonds. The monoisotopic (exact) mass is 289 g/mol. The Labute approximate surface area is 128 Å². The van der Waals surface area contributed by atoms with E-state index in [9.17, 15) is 0 Å². The van der Waals surface area contributed by atoms with Crippen LogP contribution in [0.2, 0.25) is 0 Å². The highest BCUT2D eigenvalue weighted by Gasteiger charge is 2.22. The zero-order chi connectivity index (χ0) is 14.9. The van der Waals surface area contributed by atoms with Gasteiger partial charge in [0.25, 0.3) is 0 Å². The summed E-state index contributed by atoms with van der Waals surface area (Å²) in [5.74, 6) is 4.36. The van der Waals surface area contributed by atoms with Crippen molar-refractivity contribution in [3.63, 3.8) is 0 Å². The van der Waals surface area contributed by atoms with Gasteiger partial charge >= 0.3 is 0 Å². The summed E-state index contributed by atoms with van der Waals surface area (Å²) in [7, 11) is 0. The fourth-order valence-corrected chi connectivity index (χ4v) is 2.35. The fourth-order valence-electron chi connectivity index (χ4n) is 2.35. The Morgan fingerprint density at radius 1 is 1.23 bits per heavy atom. The van der Waals surface area contributed by atoms with Crippen molar-refractivity contribution in [2.75, 3.05) is 10.6 Å². The molecule has 4 rings (SSSR count). The molecule has 2 N–H and O–H groups in total. The molecule has 2 heterocycles. The molecule has 22 heavy (non-hydrogen) atoms. The molecule has 0 unspecified atom stereocenters. The van der Waals surface area contributed by atoms with Gasteiger partial charge in [-0.1, -0.05) is 12.0 Å². The van der Waals surface area contributed by atoms with E-state index in [-0.39, 0.29) is 0 Å². The summed E-state index contributed by atoms with van der Waals surface area (Å²) in [6, 6.07) is 12.1. The standard InChI is InChI=1S/C17H15N5/c1-2-12-4-3-5-14(10-12)19-15-11-17(20-13-6-7-13)22-16(21-15)8-9-18-22/h1,3-5,8-11,13,20H,6-7H2,(H,19,21). The number of benzene rings is 1. The third-order valence-corrected chi connectivity index (χ3v) is 3.59. The number of terminal acetylenes is 1. The van der Waals surface area contributed by atoms with E-state index in [2.05, 4.69) is 26.6 Å². The molecule has 1 fully saturated rings. The Kier molecular flexibility index (Phi) is 2.94. The van der Waals surface area contributed by atoms with E-state index in [0.717, 1.165) is 28.5 Å². The molecule has 1 aromatic carbocycles. The normalized spacial score (nSPS) is 13.8. The SMILES string of the molecule is C#Cc1cccc(Nc2cc(NC3CC3)n3nccc3n2)c1. The van der Waals surface area contributed by atoms with Crippen molar-refractivity contribution in [1.29, 1.82) is 0 Å². The first-order chi connectivity index (χ1) is 10.8. The number of hydrogen-bond acceptors (Lipinski definition) is 4. The van der Waals surface area contributed by atoms with Gasteiger partial charge < -0.3 is 10.6 Å². The van der Waals surface area contributed by atoms with Crippen LogP contribution in [0.25, 0.3) is 5.65 Å². The first kappa shape index (κ1) is 12.7. The predicted octanol–water partition coefficient (Wildman–Crippen LogP) is 3.03. The Morgan fingerprint density at radius 3 is 2.95 bits per heavy atom. The minimum atomic E-state index is 0.549. The Morgan fingerprint density at radius 2 is 2.14 bits per heavy atom. The molecule has 3 aromatic rings. The van der Waals surface area contributed by atoms with Crippen molar-refractivity contribution in [1.82, 2.24) is 14.6 Å². The summed E-state index contributed by atoms with van der Waals surface area (Å²) in [5.41, 5.74) is 2.57. The van der Waals surface area contributed by atoms with Gasteiger partial charge in [0.15, 0.2) is 5.65 Å². The maximum Gasteiger partial charge on any atom is 0.159 e. The lowest BCUT2D eigenvalue weighted by Gasteiger charge is -2.11. The van der Waals surface area contributed by atoms with E-state index in [1.54, 1.807) is 6.20 Å². The quantitative estimate of drug-likeness (QED) is 0.725. The number of nitrogens with zero attached hydrogens (tertiary/aromatic N) is 3. The Bertz CT molecular complexity index is 870. The lowest BCUT2D eigenvalue weighted by molar-refractivity contribution is 0.926. The third-order valence-electron chi connectivity index (χ3n) is 3.59. The van der Waals surface area contributed by atoms with Crippen LogP contribution in [0, 0.1) is 12.3 Å². The molecule has 0 aliphatic heterocycles. The second kappa shape index (κ2) is 5.08. The van der Waals surface area contributed by atoms with Gasteiger partial charge in [-0.15, -0.1) is 6.42 Å². The van der Waals surface area contributed by atoms with Crippen molar-refractivity contribution in [3.05, 3.63) is 48.2 Å². The summed E-state index contributed by atoms with van der Waals surface area (Å²) in [6.45, 7) is 0. The molecule has 1 saturated carbocycles. The molecule has 0 radical (unpaired) electrons. The van der Waals surface area contributed by atoms with Crippen molar-refractivity contribution in [2.24, 2.45) is 0 Å². The van der Waals surface area contributed by atoms with Gasteiger partial charge in [-0.05, 0) is 31.0 Å². The van der Waals surface area contributed by atoms with Crippen molar-refractivity contribution in [3.8, 4) is 12.3 Å². The Balaban J connectivity index is 1.69. The zero-order valence-corrected chi connectivity index (χ0v) is 12.0. The minimum Gasteiger partial charge on any atom is -0.367 e. The topological polar surface area (TPSA) is 54.2 Å². The second-order valence-electron chi connectivity index (χ2n) is 5.40. The molecule has 1 aliphatic rings. The molecule has 108 valence electrons. The third kappa shape index (κ3) is 2.47. The molecular formula is C17H15N5. The first-order valence-electron chi connectivity index (χ1n) is 7.27. The van der Waals surface area contributed by atoms with E-state index in [1.807, 2.05) is 40.9 Å². The molecule has 0 spiro atoms. The molecular weight excluding hydrogens is 274 g/mol. The van der Waals surface area contributed by atoms with Gasteiger partial charge in [-0.3, -0.25) is 0 Å². The molecule has 0 bridgehead atoms. The Hall–Kier alpha value is -3.00. The van der Waals surface area contributed by atoms with Crippen LogP contribution in [0.1, 0.15) is 18.4 Å². The van der Waals surface area contributed by atoms with Crippen LogP contribution in [0.5, 0.6) is 0 Å². The number of aromatic nitrogens is 3. The minimum absolute atomic E-state index is 0.549. The summed E-state index contributed by atoms with van der Waals surface area (Å²) in [4.78, 5) is 4.57. The van der Waals surface area contributed by atoms with E-state index in [0.29, 0.717) is 6.04 Å². The van der Waals surface area contributed by atoms with Gasteiger partial charge in [-0.2, -0.15) is 9.61 Å². The highest BCUT2D eigenvalue weighted by Crippen LogP contribution is 2.27. The summed E-state index contributed by atoms with van der Waals surface area (Å²) in [6.07, 6.45) is 9.61. The highest BCUT2D eigenvalue weighted by atomic mass is 15.3. The number of anilines is 3. The lowest BCUT2D eigenvalue weighted by atomic mass is 10.2. The molecule has 1 aliphatic carbocycles. The van der Waals surface area contributed by atoms with Gasteiger partial charge in [0.2, 0.25) is 0 Å². The van der Waals surface area contributed by atoms with Crippen LogP contribution < -0.4 is 10.6 Å². The largest absolute Gasteiger partial charge is 0.367 e. The molecule has 0 saturated heterocycles. The molecule has 0 atom stereocenters. The van der Waals surface area contributed by atoms with Crippen LogP contribution in [-0.4, -0.2) is 20.6 Å². The van der Waals surface area contributed by atoms with Gasteiger partial charge in [0.1, 0.15) is 11.6 Å². The number of hydrogen-bond donors (Lipinski definition) is 2. The summed E-state index contributed by atoms with van der Waals surface area (Å²) in [5, 5.41) is 11.1. The maximum absolute atomic E-state index is 5.44. The van der Waals surface area contributed by atoms with E-state index >= 15 is 0 Å². The average molecular weight is 289 g/mol. The van der Waals surface area contributed by atoms with Crippen LogP contribution in [0.15, 0.2) is 42.6 Å². The van der Waals surface area contributed by atoms with E-state index in [4.69, 9.17) is 6.42 Å². The molecule has 2 aromatic heterocycles. The van der Waals surface area contributed by atoms with Crippen molar-refractivity contribution in [2.45, 2.75) is 18.9 Å². The van der Waals surface area contributed by atoms with Crippen molar-refractivity contribution < 1.29 is 0 Å². The van der Waals surface area contributed by atoms with Crippen LogP contribution in [0.3, 0.4) is 0 Å². The molecule has 5 heteroatoms. The fraction of sp³-hybridized carbons (Fsp3) is 0.176. The van der Waals surface area contributed by atoms with E-state index in [1.165, 1.54) is 12.8 Å². The number of fused-ring (bicyclic) bond motifs is 1. The number of rotatable bonds is 4. The van der Waals surface area contributed by atoms with E-state index < -0.39 is 0 Å². The summed E-state index contributed by atoms with van der Waals surface area (Å²) < 4.78 is 1.82. The smallest absolute Gasteiger partial charge is 0.159 e. The van der Waals surface area contributed by atoms with Gasteiger partial charge in [-0.25, -0.2) is 4.98 Å². The summed E-state index contributed by atoms with van der Waals surface area (Å²) >= 11 is 0.